The van der Waals surface area contributed by atoms with Gasteiger partial charge in [-0.25, -0.2) is 4.79 Å². The highest BCUT2D eigenvalue weighted by Crippen LogP contribution is 2.20. The Morgan fingerprint density at radius 2 is 1.58 bits per heavy atom. The highest BCUT2D eigenvalue weighted by molar-refractivity contribution is 6.30. The molecule has 0 radical (unpaired) electrons. The van der Waals surface area contributed by atoms with Gasteiger partial charge in [0, 0.05) is 17.6 Å². The van der Waals surface area contributed by atoms with Crippen LogP contribution in [0.5, 0.6) is 5.75 Å². The van der Waals surface area contributed by atoms with E-state index >= 15 is 0 Å². The van der Waals surface area contributed by atoms with Crippen LogP contribution in [0.3, 0.4) is 0 Å². The second kappa shape index (κ2) is 19.1. The molecule has 0 aliphatic heterocycles. The van der Waals surface area contributed by atoms with Crippen molar-refractivity contribution in [3.8, 4) is 5.75 Å². The first kappa shape index (κ1) is 32.1. The van der Waals surface area contributed by atoms with E-state index < -0.39 is 12.2 Å². The summed E-state index contributed by atoms with van der Waals surface area (Å²) in [6.07, 6.45) is 12.8. The molecule has 0 spiro atoms. The third-order valence-electron chi connectivity index (χ3n) is 6.92. The lowest BCUT2D eigenvalue weighted by Gasteiger charge is -2.19. The number of halogens is 1. The molecule has 0 amide bonds. The lowest BCUT2D eigenvalue weighted by molar-refractivity contribution is -0.149. The number of benzene rings is 2. The number of aliphatic hydroxyl groups excluding tert-OH is 1. The Bertz CT molecular complexity index is 905. The van der Waals surface area contributed by atoms with E-state index in [1.807, 2.05) is 36.4 Å². The maximum absolute atomic E-state index is 12.3. The van der Waals surface area contributed by atoms with E-state index in [4.69, 9.17) is 21.1 Å². The Morgan fingerprint density at radius 3 is 2.18 bits per heavy atom. The molecule has 0 aliphatic rings. The fourth-order valence-corrected chi connectivity index (χ4v) is 4.81. The lowest BCUT2D eigenvalue weighted by Crippen LogP contribution is -2.32. The van der Waals surface area contributed by atoms with E-state index in [2.05, 4.69) is 19.2 Å². The van der Waals surface area contributed by atoms with Crippen LogP contribution in [-0.2, 0) is 16.0 Å². The molecular weight excluding hydrogens is 498 g/mol. The van der Waals surface area contributed by atoms with Gasteiger partial charge in [-0.3, -0.25) is 0 Å². The minimum Gasteiger partial charge on any atom is -0.479 e. The van der Waals surface area contributed by atoms with Gasteiger partial charge in [0.2, 0.25) is 0 Å². The molecule has 2 aromatic rings. The van der Waals surface area contributed by atoms with Gasteiger partial charge < -0.3 is 19.9 Å². The van der Waals surface area contributed by atoms with E-state index in [1.54, 1.807) is 12.1 Å². The molecule has 3 unspecified atom stereocenters. The largest absolute Gasteiger partial charge is 0.479 e. The van der Waals surface area contributed by atoms with Crippen molar-refractivity contribution in [3.05, 3.63) is 64.7 Å². The minimum absolute atomic E-state index is 0.176. The van der Waals surface area contributed by atoms with Crippen LogP contribution in [0, 0.1) is 0 Å². The second-order valence-electron chi connectivity index (χ2n) is 10.3. The van der Waals surface area contributed by atoms with Gasteiger partial charge in [0.25, 0.3) is 0 Å². The molecule has 6 heteroatoms. The van der Waals surface area contributed by atoms with Gasteiger partial charge in [0.1, 0.15) is 5.75 Å². The monoisotopic (exact) mass is 545 g/mol. The van der Waals surface area contributed by atoms with Crippen molar-refractivity contribution < 1.29 is 19.4 Å². The first-order valence-electron chi connectivity index (χ1n) is 14.4. The minimum atomic E-state index is -0.613. The van der Waals surface area contributed by atoms with Crippen LogP contribution in [-0.4, -0.2) is 36.9 Å². The van der Waals surface area contributed by atoms with E-state index in [0.717, 1.165) is 30.4 Å². The maximum Gasteiger partial charge on any atom is 0.347 e. The summed E-state index contributed by atoms with van der Waals surface area (Å²) >= 11 is 6.03. The summed E-state index contributed by atoms with van der Waals surface area (Å²) in [5.74, 6) is 0.356. The van der Waals surface area contributed by atoms with Crippen LogP contribution in [0.25, 0.3) is 0 Å². The van der Waals surface area contributed by atoms with Crippen molar-refractivity contribution >= 4 is 17.6 Å². The molecule has 0 heterocycles. The molecule has 0 saturated carbocycles. The number of methoxy groups -OCH3 is 1. The number of nitrogens with one attached hydrogen (secondary N) is 1. The summed E-state index contributed by atoms with van der Waals surface area (Å²) in [7, 11) is 1.41. The third kappa shape index (κ3) is 13.1. The van der Waals surface area contributed by atoms with Crippen molar-refractivity contribution in [1.82, 2.24) is 5.32 Å². The zero-order valence-electron chi connectivity index (χ0n) is 23.6. The number of hydrogen-bond acceptors (Lipinski definition) is 5. The quantitative estimate of drug-likeness (QED) is 0.131. The van der Waals surface area contributed by atoms with Gasteiger partial charge >= 0.3 is 5.97 Å². The molecule has 0 aromatic heterocycles. The fraction of sp³-hybridized carbons (Fsp3) is 0.594. The predicted octanol–water partition coefficient (Wildman–Crippen LogP) is 7.83. The first-order valence-corrected chi connectivity index (χ1v) is 14.8. The molecule has 2 N–H and O–H groups in total. The van der Waals surface area contributed by atoms with Crippen LogP contribution >= 0.6 is 11.6 Å². The van der Waals surface area contributed by atoms with E-state index in [1.165, 1.54) is 58.5 Å². The van der Waals surface area contributed by atoms with E-state index in [-0.39, 0.29) is 12.0 Å². The summed E-state index contributed by atoms with van der Waals surface area (Å²) in [4.78, 5) is 12.3. The highest BCUT2D eigenvalue weighted by atomic mass is 35.5. The number of rotatable bonds is 20. The van der Waals surface area contributed by atoms with Crippen molar-refractivity contribution in [1.29, 1.82) is 0 Å². The number of ether oxygens (including phenoxy) is 2. The molecule has 2 aromatic carbocycles. The van der Waals surface area contributed by atoms with Crippen molar-refractivity contribution in [2.75, 3.05) is 13.7 Å². The number of hydrogen-bond donors (Lipinski definition) is 2. The predicted molar refractivity (Wildman–Crippen MR) is 157 cm³/mol. The van der Waals surface area contributed by atoms with Gasteiger partial charge in [0.15, 0.2) is 6.10 Å². The van der Waals surface area contributed by atoms with Gasteiger partial charge in [-0.05, 0) is 61.6 Å². The Hall–Kier alpha value is -2.08. The number of carbonyl (C=O) groups is 1. The summed E-state index contributed by atoms with van der Waals surface area (Å²) in [6.45, 7) is 4.79. The van der Waals surface area contributed by atoms with Gasteiger partial charge in [-0.1, -0.05) is 101 Å². The van der Waals surface area contributed by atoms with E-state index in [0.29, 0.717) is 23.7 Å². The van der Waals surface area contributed by atoms with Crippen LogP contribution < -0.4 is 10.1 Å². The van der Waals surface area contributed by atoms with Gasteiger partial charge in [0.05, 0.1) is 13.2 Å². The lowest BCUT2D eigenvalue weighted by atomic mass is 10.0. The number of carbonyl (C=O) groups excluding carboxylic acids is 1. The van der Waals surface area contributed by atoms with Crippen LogP contribution in [0.2, 0.25) is 5.02 Å². The molecule has 3 atom stereocenters. The topological polar surface area (TPSA) is 67.8 Å². The fourth-order valence-electron chi connectivity index (χ4n) is 4.61. The molecule has 2 rings (SSSR count). The van der Waals surface area contributed by atoms with Crippen molar-refractivity contribution in [3.63, 3.8) is 0 Å². The van der Waals surface area contributed by atoms with Crippen LogP contribution in [0.4, 0.5) is 0 Å². The summed E-state index contributed by atoms with van der Waals surface area (Å²) in [6, 6.07) is 15.4. The Balaban J connectivity index is 1.71. The summed E-state index contributed by atoms with van der Waals surface area (Å²) in [5, 5.41) is 14.4. The molecular formula is C32H48ClNO4. The molecule has 0 bridgehead atoms. The standard InChI is InChI=1S/C32H48ClNO4/c1-4-5-6-7-8-9-10-11-12-13-17-31(32(36)37-3)38-29-20-18-26(19-21-29)22-25(2)34-24-30(35)27-15-14-16-28(33)23-27/h14-16,18-21,23,25,30-31,34-35H,4-13,17,22,24H2,1-3H3. The zero-order chi connectivity index (χ0) is 27.6. The number of aliphatic hydroxyl groups is 1. The summed E-state index contributed by atoms with van der Waals surface area (Å²) < 4.78 is 11.0. The molecule has 0 saturated heterocycles. The van der Waals surface area contributed by atoms with Crippen LogP contribution in [0.1, 0.15) is 102 Å². The molecule has 0 aliphatic carbocycles. The Labute approximate surface area is 235 Å². The molecule has 0 fully saturated rings. The Kier molecular flexibility index (Phi) is 16.1. The maximum atomic E-state index is 12.3. The van der Waals surface area contributed by atoms with Crippen molar-refractivity contribution in [2.24, 2.45) is 0 Å². The smallest absolute Gasteiger partial charge is 0.347 e. The molecule has 38 heavy (non-hydrogen) atoms. The van der Waals surface area contributed by atoms with Gasteiger partial charge in [-0.2, -0.15) is 0 Å². The third-order valence-corrected chi connectivity index (χ3v) is 7.16. The van der Waals surface area contributed by atoms with Gasteiger partial charge in [-0.15, -0.1) is 0 Å². The second-order valence-corrected chi connectivity index (χ2v) is 10.8. The van der Waals surface area contributed by atoms with Crippen LogP contribution in [0.15, 0.2) is 48.5 Å². The number of esters is 1. The average molecular weight is 546 g/mol. The first-order chi connectivity index (χ1) is 18.4. The summed E-state index contributed by atoms with van der Waals surface area (Å²) in [5.41, 5.74) is 1.95. The number of unbranched alkanes of at least 4 members (excludes halogenated alkanes) is 9. The van der Waals surface area contributed by atoms with E-state index in [9.17, 15) is 9.90 Å². The normalized spacial score (nSPS) is 13.6. The highest BCUT2D eigenvalue weighted by Gasteiger charge is 2.21. The molecule has 5 nitrogen and oxygen atoms in total. The SMILES string of the molecule is CCCCCCCCCCCCC(Oc1ccc(CC(C)NCC(O)c2cccc(Cl)c2)cc1)C(=O)OC. The average Bonchev–Trinajstić information content (AvgIpc) is 2.92. The molecule has 212 valence electrons. The zero-order valence-corrected chi connectivity index (χ0v) is 24.3. The Morgan fingerprint density at radius 1 is 0.947 bits per heavy atom. The van der Waals surface area contributed by atoms with Crippen molar-refractivity contribution in [2.45, 2.75) is 109 Å².